The minimum absolute atomic E-state index is 0.239. The van der Waals surface area contributed by atoms with Crippen LogP contribution in [0.1, 0.15) is 31.9 Å². The molecule has 8 heteroatoms. The van der Waals surface area contributed by atoms with Crippen LogP contribution in [0, 0.1) is 6.92 Å². The zero-order valence-electron chi connectivity index (χ0n) is 14.2. The third-order valence-electron chi connectivity index (χ3n) is 3.56. The number of aromatic nitrogens is 2. The zero-order chi connectivity index (χ0) is 18.8. The number of nitrogens with one attached hydrogen (secondary N) is 2. The van der Waals surface area contributed by atoms with E-state index in [1.165, 1.54) is 12.1 Å². The Bertz CT molecular complexity index is 812. The van der Waals surface area contributed by atoms with Crippen LogP contribution in [0.3, 0.4) is 0 Å². The molecule has 1 aromatic carbocycles. The Kier molecular flexibility index (Phi) is 5.57. The normalized spacial score (nSPS) is 11.2. The monoisotopic (exact) mass is 370 g/mol. The molecule has 1 aromatic heterocycles. The highest BCUT2D eigenvalue weighted by atomic mass is 35.5. The van der Waals surface area contributed by atoms with Crippen LogP contribution in [-0.4, -0.2) is 9.97 Å². The van der Waals surface area contributed by atoms with E-state index in [-0.39, 0.29) is 10.7 Å². The van der Waals surface area contributed by atoms with Crippen LogP contribution >= 0.6 is 11.6 Å². The number of allylic oxidation sites excluding steroid dienone is 2. The molecule has 0 spiro atoms. The van der Waals surface area contributed by atoms with Crippen molar-refractivity contribution in [3.05, 3.63) is 51.8 Å². The third kappa shape index (κ3) is 4.85. The number of halogens is 4. The van der Waals surface area contributed by atoms with E-state index in [4.69, 9.17) is 11.6 Å². The summed E-state index contributed by atoms with van der Waals surface area (Å²) in [5, 5.41) is 5.60. The van der Waals surface area contributed by atoms with Crippen molar-refractivity contribution < 1.29 is 13.2 Å². The summed E-state index contributed by atoms with van der Waals surface area (Å²) in [5.74, 6) is 0.770. The van der Waals surface area contributed by atoms with Crippen LogP contribution in [0.15, 0.2) is 35.7 Å². The first-order valence-electron chi connectivity index (χ1n) is 7.46. The second-order valence-corrected chi connectivity index (χ2v) is 6.20. The first kappa shape index (κ1) is 19.1. The number of hydrogen-bond acceptors (Lipinski definition) is 4. The fraction of sp³-hybridized carbons (Fsp3) is 0.294. The lowest BCUT2D eigenvalue weighted by Gasteiger charge is -2.14. The number of anilines is 3. The third-order valence-corrected chi connectivity index (χ3v) is 3.89. The number of benzene rings is 1. The van der Waals surface area contributed by atoms with Gasteiger partial charge in [0.1, 0.15) is 5.82 Å². The average Bonchev–Trinajstić information content (AvgIpc) is 2.51. The van der Waals surface area contributed by atoms with E-state index in [2.05, 4.69) is 20.6 Å². The van der Waals surface area contributed by atoms with E-state index in [0.29, 0.717) is 17.3 Å². The van der Waals surface area contributed by atoms with E-state index in [9.17, 15) is 13.2 Å². The molecule has 0 radical (unpaired) electrons. The lowest BCUT2D eigenvalue weighted by atomic mass is 10.2. The van der Waals surface area contributed by atoms with Crippen LogP contribution < -0.4 is 10.6 Å². The van der Waals surface area contributed by atoms with Crippen LogP contribution in [0.4, 0.5) is 30.6 Å². The van der Waals surface area contributed by atoms with Crippen molar-refractivity contribution in [2.75, 3.05) is 10.6 Å². The summed E-state index contributed by atoms with van der Waals surface area (Å²) in [6, 6.07) is 3.63. The van der Waals surface area contributed by atoms with Crippen molar-refractivity contribution in [3.8, 4) is 0 Å². The topological polar surface area (TPSA) is 49.8 Å². The van der Waals surface area contributed by atoms with E-state index in [0.717, 1.165) is 17.3 Å². The van der Waals surface area contributed by atoms with E-state index < -0.39 is 11.7 Å². The van der Waals surface area contributed by atoms with E-state index in [1.807, 2.05) is 20.8 Å². The molecule has 0 atom stereocenters. The van der Waals surface area contributed by atoms with Gasteiger partial charge >= 0.3 is 6.18 Å². The summed E-state index contributed by atoms with van der Waals surface area (Å²) in [6.07, 6.45) is -2.93. The van der Waals surface area contributed by atoms with Crippen LogP contribution in [0.2, 0.25) is 5.02 Å². The molecular weight excluding hydrogens is 353 g/mol. The molecule has 0 amide bonds. The second kappa shape index (κ2) is 7.31. The molecule has 25 heavy (non-hydrogen) atoms. The molecule has 0 saturated carbocycles. The summed E-state index contributed by atoms with van der Waals surface area (Å²) in [6.45, 7) is 7.55. The van der Waals surface area contributed by atoms with Gasteiger partial charge in [-0.25, -0.2) is 4.98 Å². The number of rotatable bonds is 4. The van der Waals surface area contributed by atoms with Crippen molar-refractivity contribution >= 4 is 29.1 Å². The lowest BCUT2D eigenvalue weighted by molar-refractivity contribution is -0.137. The van der Waals surface area contributed by atoms with Gasteiger partial charge in [-0.3, -0.25) is 0 Å². The van der Waals surface area contributed by atoms with Crippen molar-refractivity contribution in [1.82, 2.24) is 9.97 Å². The smallest absolute Gasteiger partial charge is 0.340 e. The maximum absolute atomic E-state index is 13.0. The van der Waals surface area contributed by atoms with Crippen molar-refractivity contribution in [1.29, 1.82) is 0 Å². The molecule has 0 bridgehead atoms. The van der Waals surface area contributed by atoms with Crippen molar-refractivity contribution in [2.45, 2.75) is 33.9 Å². The van der Waals surface area contributed by atoms with Gasteiger partial charge in [0.15, 0.2) is 0 Å². The molecule has 4 nitrogen and oxygen atoms in total. The molecule has 2 rings (SSSR count). The summed E-state index contributed by atoms with van der Waals surface area (Å²) < 4.78 is 38.9. The van der Waals surface area contributed by atoms with Gasteiger partial charge in [-0.05, 0) is 45.9 Å². The van der Waals surface area contributed by atoms with Crippen LogP contribution in [-0.2, 0) is 6.18 Å². The second-order valence-electron chi connectivity index (χ2n) is 5.79. The summed E-state index contributed by atoms with van der Waals surface area (Å²) >= 11 is 5.64. The Hall–Kier alpha value is -2.28. The molecule has 2 N–H and O–H groups in total. The first-order chi connectivity index (χ1) is 11.6. The number of alkyl halides is 3. The standard InChI is InChI=1S/C17H18ClF3N4/c1-9(2)11(4)23-16-22-8-10(3)15(25-16)24-12-5-6-14(18)13(7-12)17(19,20)21/h5-8H,1-4H3,(H2,22,23,24,25). The van der Waals surface area contributed by atoms with Gasteiger partial charge in [0, 0.05) is 23.1 Å². The number of nitrogens with zero attached hydrogens (tertiary/aromatic N) is 2. The number of hydrogen-bond donors (Lipinski definition) is 2. The average molecular weight is 371 g/mol. The highest BCUT2D eigenvalue weighted by Gasteiger charge is 2.33. The fourth-order valence-corrected chi connectivity index (χ4v) is 2.10. The molecule has 0 aliphatic heterocycles. The Labute approximate surface area is 149 Å². The highest BCUT2D eigenvalue weighted by Crippen LogP contribution is 2.36. The van der Waals surface area contributed by atoms with Crippen LogP contribution in [0.5, 0.6) is 0 Å². The molecule has 0 unspecified atom stereocenters. The van der Waals surface area contributed by atoms with Crippen molar-refractivity contribution in [2.24, 2.45) is 0 Å². The maximum atomic E-state index is 13.0. The van der Waals surface area contributed by atoms with Gasteiger partial charge in [0.2, 0.25) is 5.95 Å². The van der Waals surface area contributed by atoms with Gasteiger partial charge in [0.25, 0.3) is 0 Å². The molecule has 0 aliphatic rings. The summed E-state index contributed by atoms with van der Waals surface area (Å²) in [5.41, 5.74) is 2.02. The predicted octanol–water partition coefficient (Wildman–Crippen LogP) is 5.93. The van der Waals surface area contributed by atoms with Crippen LogP contribution in [0.25, 0.3) is 0 Å². The first-order valence-corrected chi connectivity index (χ1v) is 7.84. The Morgan fingerprint density at radius 2 is 1.84 bits per heavy atom. The molecular formula is C17H18ClF3N4. The summed E-state index contributed by atoms with van der Waals surface area (Å²) in [4.78, 5) is 8.50. The highest BCUT2D eigenvalue weighted by molar-refractivity contribution is 6.31. The lowest BCUT2D eigenvalue weighted by Crippen LogP contribution is -2.08. The molecule has 134 valence electrons. The number of aryl methyl sites for hydroxylation is 1. The van der Waals surface area contributed by atoms with Gasteiger partial charge in [0.05, 0.1) is 10.6 Å². The Balaban J connectivity index is 2.33. The SMILES string of the molecule is CC(C)=C(C)Nc1ncc(C)c(Nc2ccc(Cl)c(C(F)(F)F)c2)n1. The Morgan fingerprint density at radius 3 is 2.44 bits per heavy atom. The summed E-state index contributed by atoms with van der Waals surface area (Å²) in [7, 11) is 0. The molecule has 2 aromatic rings. The van der Waals surface area contributed by atoms with Gasteiger partial charge in [-0.1, -0.05) is 17.2 Å². The largest absolute Gasteiger partial charge is 0.417 e. The van der Waals surface area contributed by atoms with Gasteiger partial charge in [-0.15, -0.1) is 0 Å². The van der Waals surface area contributed by atoms with Gasteiger partial charge in [-0.2, -0.15) is 18.2 Å². The van der Waals surface area contributed by atoms with Crippen molar-refractivity contribution in [3.63, 3.8) is 0 Å². The van der Waals surface area contributed by atoms with E-state index in [1.54, 1.807) is 13.1 Å². The molecule has 0 fully saturated rings. The molecule has 1 heterocycles. The predicted molar refractivity (Wildman–Crippen MR) is 94.2 cm³/mol. The quantitative estimate of drug-likeness (QED) is 0.700. The fourth-order valence-electron chi connectivity index (χ4n) is 1.88. The minimum Gasteiger partial charge on any atom is -0.340 e. The molecule has 0 saturated heterocycles. The van der Waals surface area contributed by atoms with Gasteiger partial charge < -0.3 is 10.6 Å². The zero-order valence-corrected chi connectivity index (χ0v) is 15.0. The minimum atomic E-state index is -4.53. The Morgan fingerprint density at radius 1 is 1.16 bits per heavy atom. The maximum Gasteiger partial charge on any atom is 0.417 e. The molecule has 0 aliphatic carbocycles. The van der Waals surface area contributed by atoms with E-state index >= 15 is 0 Å².